The van der Waals surface area contributed by atoms with Crippen LogP contribution in [0.1, 0.15) is 13.3 Å². The monoisotopic (exact) mass is 258 g/mol. The molecule has 1 aromatic carbocycles. The van der Waals surface area contributed by atoms with Crippen molar-refractivity contribution in [3.05, 3.63) is 28.7 Å². The first-order chi connectivity index (χ1) is 6.58. The molecule has 1 aromatic rings. The highest BCUT2D eigenvalue weighted by Crippen LogP contribution is 2.17. The molecule has 1 atom stereocenters. The standard InChI is InChI=1S/C10H11BrO3/c1-7(6-10(12)13)14-9-4-2-8(11)3-5-9/h2-5,7H,6H2,1H3,(H,12,13). The third kappa shape index (κ3) is 3.79. The normalized spacial score (nSPS) is 12.1. The van der Waals surface area contributed by atoms with Crippen LogP contribution in [0, 0.1) is 0 Å². The Kier molecular flexibility index (Phi) is 3.95. The lowest BCUT2D eigenvalue weighted by Gasteiger charge is -2.12. The summed E-state index contributed by atoms with van der Waals surface area (Å²) in [6.45, 7) is 1.73. The molecular formula is C10H11BrO3. The van der Waals surface area contributed by atoms with Gasteiger partial charge in [0.25, 0.3) is 0 Å². The van der Waals surface area contributed by atoms with E-state index in [1.807, 2.05) is 12.1 Å². The highest BCUT2D eigenvalue weighted by molar-refractivity contribution is 9.10. The van der Waals surface area contributed by atoms with Gasteiger partial charge in [-0.05, 0) is 31.2 Å². The van der Waals surface area contributed by atoms with Gasteiger partial charge in [-0.25, -0.2) is 0 Å². The van der Waals surface area contributed by atoms with Crippen molar-refractivity contribution >= 4 is 21.9 Å². The van der Waals surface area contributed by atoms with Crippen LogP contribution < -0.4 is 4.74 Å². The number of hydrogen-bond donors (Lipinski definition) is 1. The Morgan fingerprint density at radius 3 is 2.57 bits per heavy atom. The Morgan fingerprint density at radius 2 is 2.07 bits per heavy atom. The molecule has 0 aliphatic rings. The lowest BCUT2D eigenvalue weighted by atomic mass is 10.3. The van der Waals surface area contributed by atoms with E-state index >= 15 is 0 Å². The molecule has 76 valence electrons. The number of hydrogen-bond acceptors (Lipinski definition) is 2. The molecule has 0 aromatic heterocycles. The molecule has 0 saturated carbocycles. The maximum atomic E-state index is 10.4. The van der Waals surface area contributed by atoms with Crippen molar-refractivity contribution < 1.29 is 14.6 Å². The second-order valence-electron chi connectivity index (χ2n) is 2.98. The van der Waals surface area contributed by atoms with E-state index in [0.717, 1.165) is 4.47 Å². The largest absolute Gasteiger partial charge is 0.490 e. The highest BCUT2D eigenvalue weighted by atomic mass is 79.9. The van der Waals surface area contributed by atoms with E-state index < -0.39 is 5.97 Å². The topological polar surface area (TPSA) is 46.5 Å². The van der Waals surface area contributed by atoms with Crippen LogP contribution in [0.25, 0.3) is 0 Å². The number of ether oxygens (including phenoxy) is 1. The Hall–Kier alpha value is -1.03. The molecule has 1 unspecified atom stereocenters. The first kappa shape index (κ1) is 11.0. The van der Waals surface area contributed by atoms with Gasteiger partial charge in [-0.3, -0.25) is 4.79 Å². The van der Waals surface area contributed by atoms with Crippen LogP contribution >= 0.6 is 15.9 Å². The van der Waals surface area contributed by atoms with Gasteiger partial charge in [0, 0.05) is 4.47 Å². The molecule has 0 radical (unpaired) electrons. The van der Waals surface area contributed by atoms with Crippen molar-refractivity contribution in [3.8, 4) is 5.75 Å². The molecule has 14 heavy (non-hydrogen) atoms. The van der Waals surface area contributed by atoms with Crippen LogP contribution in [0.5, 0.6) is 5.75 Å². The zero-order chi connectivity index (χ0) is 10.6. The first-order valence-corrected chi connectivity index (χ1v) is 5.01. The van der Waals surface area contributed by atoms with E-state index in [1.165, 1.54) is 0 Å². The van der Waals surface area contributed by atoms with Gasteiger partial charge in [-0.1, -0.05) is 15.9 Å². The van der Waals surface area contributed by atoms with E-state index in [-0.39, 0.29) is 12.5 Å². The summed E-state index contributed by atoms with van der Waals surface area (Å²) in [7, 11) is 0. The van der Waals surface area contributed by atoms with Crippen molar-refractivity contribution in [2.75, 3.05) is 0 Å². The van der Waals surface area contributed by atoms with Gasteiger partial charge in [-0.2, -0.15) is 0 Å². The second-order valence-corrected chi connectivity index (χ2v) is 3.90. The van der Waals surface area contributed by atoms with Gasteiger partial charge < -0.3 is 9.84 Å². The highest BCUT2D eigenvalue weighted by Gasteiger charge is 2.08. The van der Waals surface area contributed by atoms with Crippen molar-refractivity contribution in [1.82, 2.24) is 0 Å². The predicted molar refractivity (Wildman–Crippen MR) is 56.5 cm³/mol. The van der Waals surface area contributed by atoms with E-state index in [2.05, 4.69) is 15.9 Å². The summed E-state index contributed by atoms with van der Waals surface area (Å²) >= 11 is 3.30. The van der Waals surface area contributed by atoms with Crippen molar-refractivity contribution in [2.24, 2.45) is 0 Å². The summed E-state index contributed by atoms with van der Waals surface area (Å²) in [5.74, 6) is -0.170. The van der Waals surface area contributed by atoms with Crippen molar-refractivity contribution in [3.63, 3.8) is 0 Å². The van der Waals surface area contributed by atoms with Gasteiger partial charge in [0.2, 0.25) is 0 Å². The Labute approximate surface area is 90.8 Å². The number of carbonyl (C=O) groups is 1. The van der Waals surface area contributed by atoms with E-state index in [4.69, 9.17) is 9.84 Å². The molecule has 0 fully saturated rings. The minimum atomic E-state index is -0.852. The number of rotatable bonds is 4. The number of aliphatic carboxylic acids is 1. The summed E-state index contributed by atoms with van der Waals surface area (Å²) in [6.07, 6.45) is -0.301. The fourth-order valence-electron chi connectivity index (χ4n) is 1.03. The molecule has 0 saturated heterocycles. The summed E-state index contributed by atoms with van der Waals surface area (Å²) in [5.41, 5.74) is 0. The van der Waals surface area contributed by atoms with Crippen molar-refractivity contribution in [2.45, 2.75) is 19.4 Å². The maximum absolute atomic E-state index is 10.4. The predicted octanol–water partition coefficient (Wildman–Crippen LogP) is 2.69. The average Bonchev–Trinajstić information content (AvgIpc) is 2.07. The number of halogens is 1. The molecule has 1 N–H and O–H groups in total. The van der Waals surface area contributed by atoms with Crippen LogP contribution in [0.3, 0.4) is 0 Å². The van der Waals surface area contributed by atoms with Crippen LogP contribution in [-0.4, -0.2) is 17.2 Å². The maximum Gasteiger partial charge on any atom is 0.307 e. The second kappa shape index (κ2) is 5.00. The molecule has 0 heterocycles. The Morgan fingerprint density at radius 1 is 1.50 bits per heavy atom. The summed E-state index contributed by atoms with van der Waals surface area (Å²) in [4.78, 5) is 10.4. The Balaban J connectivity index is 2.51. The van der Waals surface area contributed by atoms with Gasteiger partial charge in [0.05, 0.1) is 6.42 Å². The average molecular weight is 259 g/mol. The van der Waals surface area contributed by atoms with Crippen LogP contribution in [0.15, 0.2) is 28.7 Å². The third-order valence-electron chi connectivity index (χ3n) is 1.61. The molecule has 4 heteroatoms. The summed E-state index contributed by atoms with van der Waals surface area (Å²) in [6, 6.07) is 7.29. The lowest BCUT2D eigenvalue weighted by molar-refractivity contribution is -0.138. The molecule has 0 spiro atoms. The fraction of sp³-hybridized carbons (Fsp3) is 0.300. The van der Waals surface area contributed by atoms with Gasteiger partial charge in [-0.15, -0.1) is 0 Å². The molecule has 3 nitrogen and oxygen atoms in total. The molecule has 0 bridgehead atoms. The van der Waals surface area contributed by atoms with E-state index in [1.54, 1.807) is 19.1 Å². The zero-order valence-electron chi connectivity index (χ0n) is 7.74. The van der Waals surface area contributed by atoms with E-state index in [9.17, 15) is 4.79 Å². The lowest BCUT2D eigenvalue weighted by Crippen LogP contribution is -2.16. The number of carboxylic acids is 1. The number of benzene rings is 1. The van der Waals surface area contributed by atoms with Crippen LogP contribution in [0.4, 0.5) is 0 Å². The fourth-order valence-corrected chi connectivity index (χ4v) is 1.30. The minimum absolute atomic E-state index is 0.00998. The van der Waals surface area contributed by atoms with Gasteiger partial charge in [0.1, 0.15) is 11.9 Å². The summed E-state index contributed by atoms with van der Waals surface area (Å²) < 4.78 is 6.35. The van der Waals surface area contributed by atoms with Crippen molar-refractivity contribution in [1.29, 1.82) is 0 Å². The van der Waals surface area contributed by atoms with Crippen LogP contribution in [0.2, 0.25) is 0 Å². The molecule has 1 rings (SSSR count). The van der Waals surface area contributed by atoms with Gasteiger partial charge in [0.15, 0.2) is 0 Å². The first-order valence-electron chi connectivity index (χ1n) is 4.22. The molecule has 0 amide bonds. The molecular weight excluding hydrogens is 248 g/mol. The smallest absolute Gasteiger partial charge is 0.307 e. The van der Waals surface area contributed by atoms with Crippen LogP contribution in [-0.2, 0) is 4.79 Å². The quantitative estimate of drug-likeness (QED) is 0.904. The molecule has 0 aliphatic heterocycles. The summed E-state index contributed by atoms with van der Waals surface area (Å²) in [5, 5.41) is 8.52. The SMILES string of the molecule is CC(CC(=O)O)Oc1ccc(Br)cc1. The third-order valence-corrected chi connectivity index (χ3v) is 2.14. The molecule has 0 aliphatic carbocycles. The van der Waals surface area contributed by atoms with E-state index in [0.29, 0.717) is 5.75 Å². The Bertz CT molecular complexity index is 308. The minimum Gasteiger partial charge on any atom is -0.490 e. The van der Waals surface area contributed by atoms with Gasteiger partial charge >= 0.3 is 5.97 Å². The number of carboxylic acid groups (broad SMARTS) is 1. The zero-order valence-corrected chi connectivity index (χ0v) is 9.32.